The van der Waals surface area contributed by atoms with Crippen LogP contribution in [0.4, 0.5) is 8.78 Å². The maximum atomic E-state index is 13.4. The molecule has 21 heavy (non-hydrogen) atoms. The van der Waals surface area contributed by atoms with E-state index in [9.17, 15) is 8.78 Å². The number of benzene rings is 1. The molecule has 1 aromatic carbocycles. The van der Waals surface area contributed by atoms with Gasteiger partial charge in [0.05, 0.1) is 0 Å². The quantitative estimate of drug-likeness (QED) is 0.848. The lowest BCUT2D eigenvalue weighted by molar-refractivity contribution is 0.476. The van der Waals surface area contributed by atoms with Crippen LogP contribution in [0, 0.1) is 11.6 Å². The van der Waals surface area contributed by atoms with Crippen molar-refractivity contribution < 1.29 is 8.78 Å². The number of hydrogen-bond acceptors (Lipinski definition) is 2. The highest BCUT2D eigenvalue weighted by Crippen LogP contribution is 2.21. The Morgan fingerprint density at radius 2 is 2.05 bits per heavy atom. The molecule has 1 atom stereocenters. The van der Waals surface area contributed by atoms with Gasteiger partial charge < -0.3 is 5.32 Å². The number of nitrogens with zero attached hydrogens (tertiary/aromatic N) is 2. The summed E-state index contributed by atoms with van der Waals surface area (Å²) < 4.78 is 28.3. The van der Waals surface area contributed by atoms with Crippen molar-refractivity contribution in [2.24, 2.45) is 7.05 Å². The Morgan fingerprint density at radius 3 is 2.67 bits per heavy atom. The highest BCUT2D eigenvalue weighted by Gasteiger charge is 2.14. The van der Waals surface area contributed by atoms with Crippen molar-refractivity contribution in [1.82, 2.24) is 15.1 Å². The van der Waals surface area contributed by atoms with Crippen molar-refractivity contribution in [3.05, 3.63) is 53.4 Å². The SMILES string of the molecule is CCCNC(CCc1ccnn1C)c1ccc(F)c(F)c1. The predicted octanol–water partition coefficient (Wildman–Crippen LogP) is 3.37. The van der Waals surface area contributed by atoms with Crippen LogP contribution in [-0.4, -0.2) is 16.3 Å². The lowest BCUT2D eigenvalue weighted by Gasteiger charge is -2.19. The van der Waals surface area contributed by atoms with E-state index in [-0.39, 0.29) is 6.04 Å². The molecule has 0 aliphatic carbocycles. The zero-order chi connectivity index (χ0) is 15.2. The topological polar surface area (TPSA) is 29.9 Å². The number of aromatic nitrogens is 2. The van der Waals surface area contributed by atoms with Gasteiger partial charge in [-0.25, -0.2) is 8.78 Å². The van der Waals surface area contributed by atoms with Gasteiger partial charge in [-0.2, -0.15) is 5.10 Å². The Morgan fingerprint density at radius 1 is 1.24 bits per heavy atom. The summed E-state index contributed by atoms with van der Waals surface area (Å²) >= 11 is 0. The van der Waals surface area contributed by atoms with E-state index in [0.717, 1.165) is 37.1 Å². The molecule has 0 aliphatic heterocycles. The van der Waals surface area contributed by atoms with Crippen molar-refractivity contribution >= 4 is 0 Å². The third-order valence-corrected chi connectivity index (χ3v) is 3.60. The summed E-state index contributed by atoms with van der Waals surface area (Å²) in [4.78, 5) is 0. The van der Waals surface area contributed by atoms with Crippen molar-refractivity contribution in [3.63, 3.8) is 0 Å². The molecule has 0 aliphatic rings. The first-order valence-corrected chi connectivity index (χ1v) is 7.27. The molecule has 2 aromatic rings. The van der Waals surface area contributed by atoms with E-state index < -0.39 is 11.6 Å². The molecule has 0 saturated heterocycles. The summed E-state index contributed by atoms with van der Waals surface area (Å²) in [5.41, 5.74) is 1.91. The summed E-state index contributed by atoms with van der Waals surface area (Å²) in [6.07, 6.45) is 4.40. The monoisotopic (exact) mass is 293 g/mol. The first kappa shape index (κ1) is 15.6. The smallest absolute Gasteiger partial charge is 0.159 e. The largest absolute Gasteiger partial charge is 0.310 e. The summed E-state index contributed by atoms with van der Waals surface area (Å²) in [6, 6.07) is 6.10. The van der Waals surface area contributed by atoms with Gasteiger partial charge >= 0.3 is 0 Å². The number of halogens is 2. The van der Waals surface area contributed by atoms with E-state index in [2.05, 4.69) is 17.3 Å². The Labute approximate surface area is 124 Å². The molecule has 0 bridgehead atoms. The Hall–Kier alpha value is -1.75. The summed E-state index contributed by atoms with van der Waals surface area (Å²) in [5.74, 6) is -1.60. The van der Waals surface area contributed by atoms with Gasteiger partial charge in [-0.05, 0) is 49.6 Å². The molecule has 0 radical (unpaired) electrons. The van der Waals surface area contributed by atoms with Gasteiger partial charge in [-0.1, -0.05) is 13.0 Å². The van der Waals surface area contributed by atoms with Crippen LogP contribution in [0.1, 0.15) is 37.1 Å². The van der Waals surface area contributed by atoms with Gasteiger partial charge in [-0.3, -0.25) is 4.68 Å². The van der Waals surface area contributed by atoms with Crippen molar-refractivity contribution in [3.8, 4) is 0 Å². The second-order valence-corrected chi connectivity index (χ2v) is 5.17. The van der Waals surface area contributed by atoms with Gasteiger partial charge in [-0.15, -0.1) is 0 Å². The Bertz CT molecular complexity index is 581. The maximum Gasteiger partial charge on any atom is 0.159 e. The number of rotatable bonds is 7. The predicted molar refractivity (Wildman–Crippen MR) is 78.9 cm³/mol. The van der Waals surface area contributed by atoms with E-state index in [4.69, 9.17) is 0 Å². The van der Waals surface area contributed by atoms with Crippen LogP contribution in [0.15, 0.2) is 30.5 Å². The highest BCUT2D eigenvalue weighted by molar-refractivity contribution is 5.21. The third-order valence-electron chi connectivity index (χ3n) is 3.60. The maximum absolute atomic E-state index is 13.4. The fourth-order valence-electron chi connectivity index (χ4n) is 2.37. The third kappa shape index (κ3) is 4.11. The van der Waals surface area contributed by atoms with E-state index in [1.54, 1.807) is 12.3 Å². The second-order valence-electron chi connectivity index (χ2n) is 5.17. The van der Waals surface area contributed by atoms with Gasteiger partial charge in [0.25, 0.3) is 0 Å². The molecule has 1 aromatic heterocycles. The standard InChI is InChI=1S/C16H21F2N3/c1-3-9-19-16(7-5-13-8-10-20-21(13)2)12-4-6-14(17)15(18)11-12/h4,6,8,10-11,16,19H,3,5,7,9H2,1-2H3. The first-order chi connectivity index (χ1) is 10.1. The Balaban J connectivity index is 2.09. The number of hydrogen-bond donors (Lipinski definition) is 1. The molecule has 0 amide bonds. The van der Waals surface area contributed by atoms with Crippen LogP contribution >= 0.6 is 0 Å². The number of aryl methyl sites for hydroxylation is 2. The molecule has 0 spiro atoms. The lowest BCUT2D eigenvalue weighted by Crippen LogP contribution is -2.23. The zero-order valence-electron chi connectivity index (χ0n) is 12.4. The molecular weight excluding hydrogens is 272 g/mol. The highest BCUT2D eigenvalue weighted by atomic mass is 19.2. The average Bonchev–Trinajstić information content (AvgIpc) is 2.88. The average molecular weight is 293 g/mol. The molecule has 1 unspecified atom stereocenters. The second kappa shape index (κ2) is 7.31. The van der Waals surface area contributed by atoms with E-state index in [0.29, 0.717) is 0 Å². The molecule has 114 valence electrons. The van der Waals surface area contributed by atoms with Crippen LogP contribution in [0.3, 0.4) is 0 Å². The Kier molecular flexibility index (Phi) is 5.44. The van der Waals surface area contributed by atoms with Crippen molar-refractivity contribution in [2.45, 2.75) is 32.2 Å². The minimum Gasteiger partial charge on any atom is -0.310 e. The molecule has 1 heterocycles. The van der Waals surface area contributed by atoms with Crippen LogP contribution in [-0.2, 0) is 13.5 Å². The van der Waals surface area contributed by atoms with Gasteiger partial charge in [0.15, 0.2) is 11.6 Å². The summed E-state index contributed by atoms with van der Waals surface area (Å²) in [6.45, 7) is 2.92. The first-order valence-electron chi connectivity index (χ1n) is 7.27. The van der Waals surface area contributed by atoms with Gasteiger partial charge in [0.2, 0.25) is 0 Å². The van der Waals surface area contributed by atoms with Crippen LogP contribution in [0.5, 0.6) is 0 Å². The molecular formula is C16H21F2N3. The fraction of sp³-hybridized carbons (Fsp3) is 0.438. The molecule has 2 rings (SSSR count). The zero-order valence-corrected chi connectivity index (χ0v) is 12.4. The molecule has 0 fully saturated rings. The van der Waals surface area contributed by atoms with E-state index in [1.165, 1.54) is 12.1 Å². The van der Waals surface area contributed by atoms with Crippen molar-refractivity contribution in [2.75, 3.05) is 6.54 Å². The normalized spacial score (nSPS) is 12.6. The van der Waals surface area contributed by atoms with Crippen LogP contribution in [0.25, 0.3) is 0 Å². The van der Waals surface area contributed by atoms with Crippen LogP contribution in [0.2, 0.25) is 0 Å². The minimum atomic E-state index is -0.806. The summed E-state index contributed by atoms with van der Waals surface area (Å²) in [5, 5.41) is 7.54. The van der Waals surface area contributed by atoms with E-state index in [1.807, 2.05) is 17.8 Å². The number of nitrogens with one attached hydrogen (secondary N) is 1. The van der Waals surface area contributed by atoms with Crippen LogP contribution < -0.4 is 5.32 Å². The van der Waals surface area contributed by atoms with Gasteiger partial charge in [0.1, 0.15) is 0 Å². The van der Waals surface area contributed by atoms with Gasteiger partial charge in [0, 0.05) is 25.0 Å². The molecule has 5 heteroatoms. The lowest BCUT2D eigenvalue weighted by atomic mass is 10.0. The van der Waals surface area contributed by atoms with Crippen molar-refractivity contribution in [1.29, 1.82) is 0 Å². The van der Waals surface area contributed by atoms with E-state index >= 15 is 0 Å². The fourth-order valence-corrected chi connectivity index (χ4v) is 2.37. The molecule has 1 N–H and O–H groups in total. The molecule has 3 nitrogen and oxygen atoms in total. The summed E-state index contributed by atoms with van der Waals surface area (Å²) in [7, 11) is 1.90. The minimum absolute atomic E-state index is 0.00921. The molecule has 0 saturated carbocycles.